The van der Waals surface area contributed by atoms with Gasteiger partial charge < -0.3 is 16.0 Å². The second kappa shape index (κ2) is 27.1. The molecule has 2 fully saturated rings. The van der Waals surface area contributed by atoms with Crippen molar-refractivity contribution in [2.45, 2.75) is 142 Å². The summed E-state index contributed by atoms with van der Waals surface area (Å²) in [6.45, 7) is 11.4. The van der Waals surface area contributed by atoms with Crippen LogP contribution in [0.5, 0.6) is 0 Å². The SMILES string of the molecule is CC(=O)CN1CCCCCCCCCCCC1.NCCCNCCN1CCCCCCCCCCCC1. The van der Waals surface area contributed by atoms with Gasteiger partial charge >= 0.3 is 0 Å². The molecule has 2 rings (SSSR count). The Balaban J connectivity index is 0.000000375. The largest absolute Gasteiger partial charge is 0.330 e. The van der Waals surface area contributed by atoms with Gasteiger partial charge in [-0.05, 0) is 78.3 Å². The van der Waals surface area contributed by atoms with Crippen molar-refractivity contribution in [2.75, 3.05) is 58.9 Å². The first-order chi connectivity index (χ1) is 18.2. The van der Waals surface area contributed by atoms with Gasteiger partial charge in [-0.1, -0.05) is 103 Å². The van der Waals surface area contributed by atoms with Crippen molar-refractivity contribution in [3.63, 3.8) is 0 Å². The number of nitrogens with zero attached hydrogens (tertiary/aromatic N) is 2. The smallest absolute Gasteiger partial charge is 0.143 e. The maximum Gasteiger partial charge on any atom is 0.143 e. The molecule has 2 heterocycles. The highest BCUT2D eigenvalue weighted by atomic mass is 16.1. The summed E-state index contributed by atoms with van der Waals surface area (Å²) in [4.78, 5) is 16.2. The first-order valence-corrected chi connectivity index (χ1v) is 16.6. The van der Waals surface area contributed by atoms with E-state index in [2.05, 4.69) is 15.1 Å². The lowest BCUT2D eigenvalue weighted by Crippen LogP contribution is -2.34. The Morgan fingerprint density at radius 1 is 0.568 bits per heavy atom. The quantitative estimate of drug-likeness (QED) is 0.338. The second-order valence-corrected chi connectivity index (χ2v) is 11.8. The third-order valence-corrected chi connectivity index (χ3v) is 8.01. The summed E-state index contributed by atoms with van der Waals surface area (Å²) in [5.41, 5.74) is 5.51. The zero-order valence-corrected chi connectivity index (χ0v) is 25.1. The molecule has 0 aromatic carbocycles. The maximum atomic E-state index is 11.2. The first kappa shape index (κ1) is 34.5. The molecule has 3 N–H and O–H groups in total. The van der Waals surface area contributed by atoms with Crippen LogP contribution in [0.2, 0.25) is 0 Å². The predicted octanol–water partition coefficient (Wildman–Crippen LogP) is 6.93. The minimum atomic E-state index is 0.314. The van der Waals surface area contributed by atoms with E-state index in [0.717, 1.165) is 39.1 Å². The summed E-state index contributed by atoms with van der Waals surface area (Å²) >= 11 is 0. The Morgan fingerprint density at radius 3 is 1.27 bits per heavy atom. The van der Waals surface area contributed by atoms with E-state index < -0.39 is 0 Å². The molecule has 0 aliphatic carbocycles. The van der Waals surface area contributed by atoms with Crippen molar-refractivity contribution in [3.8, 4) is 0 Å². The van der Waals surface area contributed by atoms with E-state index in [0.29, 0.717) is 12.3 Å². The molecule has 0 atom stereocenters. The van der Waals surface area contributed by atoms with Gasteiger partial charge in [-0.3, -0.25) is 9.69 Å². The van der Waals surface area contributed by atoms with E-state index in [-0.39, 0.29) is 0 Å². The second-order valence-electron chi connectivity index (χ2n) is 11.8. The number of hydrogen-bond donors (Lipinski definition) is 2. The monoisotopic (exact) mass is 523 g/mol. The molecule has 0 bridgehead atoms. The number of carbonyl (C=O) groups excluding carboxylic acids is 1. The molecule has 0 unspecified atom stereocenters. The highest BCUT2D eigenvalue weighted by molar-refractivity contribution is 5.77. The van der Waals surface area contributed by atoms with Gasteiger partial charge in [-0.15, -0.1) is 0 Å². The fraction of sp³-hybridized carbons (Fsp3) is 0.969. The number of nitrogens with one attached hydrogen (secondary N) is 1. The van der Waals surface area contributed by atoms with Gasteiger partial charge in [0.15, 0.2) is 0 Å². The highest BCUT2D eigenvalue weighted by Gasteiger charge is 2.08. The summed E-state index contributed by atoms with van der Waals surface area (Å²) in [6.07, 6.45) is 29.1. The molecule has 37 heavy (non-hydrogen) atoms. The van der Waals surface area contributed by atoms with E-state index in [9.17, 15) is 4.79 Å². The van der Waals surface area contributed by atoms with Crippen LogP contribution >= 0.6 is 0 Å². The fourth-order valence-electron chi connectivity index (χ4n) is 5.68. The lowest BCUT2D eigenvalue weighted by atomic mass is 10.1. The standard InChI is InChI=1S/C17H37N3.C15H29NO/c18-12-11-13-19-14-17-20-15-9-7-5-3-1-2-4-6-8-10-16-20;1-15(17)14-16-12-10-8-6-4-2-3-5-7-9-11-13-16/h19H,1-18H2;2-14H2,1H3. The maximum absolute atomic E-state index is 11.2. The lowest BCUT2D eigenvalue weighted by Gasteiger charge is -2.22. The van der Waals surface area contributed by atoms with Crippen LogP contribution < -0.4 is 11.1 Å². The van der Waals surface area contributed by atoms with E-state index in [1.807, 2.05) is 0 Å². The topological polar surface area (TPSA) is 61.6 Å². The van der Waals surface area contributed by atoms with Gasteiger partial charge in [-0.25, -0.2) is 0 Å². The zero-order valence-electron chi connectivity index (χ0n) is 25.1. The van der Waals surface area contributed by atoms with Crippen molar-refractivity contribution >= 4 is 5.78 Å². The summed E-state index contributed by atoms with van der Waals surface area (Å²) in [5, 5.41) is 3.51. The first-order valence-electron chi connectivity index (χ1n) is 16.6. The van der Waals surface area contributed by atoms with Crippen LogP contribution in [0.25, 0.3) is 0 Å². The Hall–Kier alpha value is -0.490. The molecular formula is C32H66N4O. The van der Waals surface area contributed by atoms with E-state index in [1.54, 1.807) is 6.92 Å². The van der Waals surface area contributed by atoms with E-state index >= 15 is 0 Å². The molecule has 220 valence electrons. The van der Waals surface area contributed by atoms with Crippen LogP contribution in [0, 0.1) is 0 Å². The van der Waals surface area contributed by atoms with Crippen LogP contribution in [0.1, 0.15) is 142 Å². The third-order valence-electron chi connectivity index (χ3n) is 8.01. The fourth-order valence-corrected chi connectivity index (χ4v) is 5.68. The molecule has 5 nitrogen and oxygen atoms in total. The molecule has 0 aromatic rings. The predicted molar refractivity (Wildman–Crippen MR) is 162 cm³/mol. The van der Waals surface area contributed by atoms with Gasteiger partial charge in [0.05, 0.1) is 6.54 Å². The summed E-state index contributed by atoms with van der Waals surface area (Å²) < 4.78 is 0. The van der Waals surface area contributed by atoms with Crippen molar-refractivity contribution in [1.29, 1.82) is 0 Å². The zero-order chi connectivity index (χ0) is 26.7. The number of nitrogens with two attached hydrogens (primary N) is 1. The van der Waals surface area contributed by atoms with Crippen molar-refractivity contribution in [1.82, 2.24) is 15.1 Å². The van der Waals surface area contributed by atoms with E-state index in [1.165, 1.54) is 148 Å². The lowest BCUT2D eigenvalue weighted by molar-refractivity contribution is -0.118. The van der Waals surface area contributed by atoms with Gasteiger partial charge in [0, 0.05) is 13.1 Å². The molecule has 2 saturated heterocycles. The van der Waals surface area contributed by atoms with E-state index in [4.69, 9.17) is 5.73 Å². The van der Waals surface area contributed by atoms with Gasteiger partial charge in [0.25, 0.3) is 0 Å². The summed E-state index contributed by atoms with van der Waals surface area (Å²) in [7, 11) is 0. The van der Waals surface area contributed by atoms with Crippen molar-refractivity contribution in [3.05, 3.63) is 0 Å². The molecule has 2 aliphatic heterocycles. The Bertz CT molecular complexity index is 459. The highest BCUT2D eigenvalue weighted by Crippen LogP contribution is 2.14. The Kier molecular flexibility index (Phi) is 25.3. The average Bonchev–Trinajstić information content (AvgIpc) is 2.93. The van der Waals surface area contributed by atoms with Crippen molar-refractivity contribution < 1.29 is 4.79 Å². The van der Waals surface area contributed by atoms with Crippen LogP contribution in [-0.2, 0) is 4.79 Å². The van der Waals surface area contributed by atoms with Gasteiger partial charge in [0.2, 0.25) is 0 Å². The molecule has 0 amide bonds. The average molecular weight is 523 g/mol. The Morgan fingerprint density at radius 2 is 0.919 bits per heavy atom. The Labute approximate surface area is 232 Å². The molecule has 5 heteroatoms. The van der Waals surface area contributed by atoms with Gasteiger partial charge in [0.1, 0.15) is 5.78 Å². The number of hydrogen-bond acceptors (Lipinski definition) is 5. The van der Waals surface area contributed by atoms with Crippen LogP contribution in [0.15, 0.2) is 0 Å². The normalized spacial score (nSPS) is 21.5. The number of carbonyl (C=O) groups is 1. The van der Waals surface area contributed by atoms with Gasteiger partial charge in [-0.2, -0.15) is 0 Å². The van der Waals surface area contributed by atoms with Crippen LogP contribution in [0.3, 0.4) is 0 Å². The summed E-state index contributed by atoms with van der Waals surface area (Å²) in [5.74, 6) is 0.314. The summed E-state index contributed by atoms with van der Waals surface area (Å²) in [6, 6.07) is 0. The molecule has 0 aromatic heterocycles. The molecule has 2 aliphatic rings. The molecular weight excluding hydrogens is 456 g/mol. The molecule has 0 radical (unpaired) electrons. The van der Waals surface area contributed by atoms with Crippen LogP contribution in [0.4, 0.5) is 0 Å². The minimum Gasteiger partial charge on any atom is -0.330 e. The number of Topliss-reactive ketones (excluding diaryl/α,β-unsaturated/α-hetero) is 1. The van der Waals surface area contributed by atoms with Crippen LogP contribution in [-0.4, -0.2) is 74.5 Å². The third kappa shape index (κ3) is 24.3. The minimum absolute atomic E-state index is 0.314. The van der Waals surface area contributed by atoms with Crippen molar-refractivity contribution in [2.24, 2.45) is 5.73 Å². The number of ketones is 1. The number of rotatable bonds is 8. The molecule has 0 saturated carbocycles. The molecule has 0 spiro atoms.